The van der Waals surface area contributed by atoms with E-state index in [1.54, 1.807) is 0 Å². The van der Waals surface area contributed by atoms with Crippen LogP contribution in [0, 0.1) is 0 Å². The number of rotatable bonds is 1. The molecule has 22 heavy (non-hydrogen) atoms. The number of aryl methyl sites for hydroxylation is 1. The second-order valence-electron chi connectivity index (χ2n) is 4.87. The Hall–Kier alpha value is -2.70. The minimum absolute atomic E-state index is 0.0579. The molecule has 3 aromatic rings. The minimum atomic E-state index is -4.50. The fraction of sp³-hybridized carbons (Fsp3) is 0.133. The molecular weight excluding hydrogens is 297 g/mol. The maximum Gasteiger partial charge on any atom is 0.418 e. The Morgan fingerprint density at radius 3 is 2.45 bits per heavy atom. The van der Waals surface area contributed by atoms with Crippen molar-refractivity contribution >= 4 is 10.9 Å². The SMILES string of the molecule is Cn1nc(-c2ccc(O)cc2O)c2cccc(C(F)(F)F)c21. The van der Waals surface area contributed by atoms with Gasteiger partial charge in [-0.3, -0.25) is 4.68 Å². The molecule has 0 saturated carbocycles. The van der Waals surface area contributed by atoms with Gasteiger partial charge in [-0.15, -0.1) is 0 Å². The summed E-state index contributed by atoms with van der Waals surface area (Å²) in [4.78, 5) is 0. The van der Waals surface area contributed by atoms with E-state index in [4.69, 9.17) is 0 Å². The van der Waals surface area contributed by atoms with Crippen LogP contribution in [0.2, 0.25) is 0 Å². The quantitative estimate of drug-likeness (QED) is 0.721. The fourth-order valence-electron chi connectivity index (χ4n) is 2.49. The van der Waals surface area contributed by atoms with Crippen molar-refractivity contribution in [2.75, 3.05) is 0 Å². The van der Waals surface area contributed by atoms with E-state index >= 15 is 0 Å². The summed E-state index contributed by atoms with van der Waals surface area (Å²) in [7, 11) is 1.42. The molecule has 7 heteroatoms. The number of nitrogens with zero attached hydrogens (tertiary/aromatic N) is 2. The van der Waals surface area contributed by atoms with Gasteiger partial charge in [0.1, 0.15) is 17.2 Å². The largest absolute Gasteiger partial charge is 0.508 e. The Morgan fingerprint density at radius 1 is 1.09 bits per heavy atom. The van der Waals surface area contributed by atoms with Crippen molar-refractivity contribution in [3.05, 3.63) is 42.0 Å². The van der Waals surface area contributed by atoms with Crippen LogP contribution < -0.4 is 0 Å². The van der Waals surface area contributed by atoms with Crippen LogP contribution in [-0.4, -0.2) is 20.0 Å². The predicted octanol–water partition coefficient (Wildman–Crippen LogP) is 3.67. The number of alkyl halides is 3. The van der Waals surface area contributed by atoms with Crippen molar-refractivity contribution in [3.63, 3.8) is 0 Å². The molecule has 0 fully saturated rings. The molecule has 0 bridgehead atoms. The number of para-hydroxylation sites is 1. The molecule has 0 radical (unpaired) electrons. The van der Waals surface area contributed by atoms with Gasteiger partial charge in [-0.1, -0.05) is 12.1 Å². The fourth-order valence-corrected chi connectivity index (χ4v) is 2.49. The monoisotopic (exact) mass is 308 g/mol. The highest BCUT2D eigenvalue weighted by Gasteiger charge is 2.34. The van der Waals surface area contributed by atoms with Crippen molar-refractivity contribution in [1.82, 2.24) is 9.78 Å². The number of fused-ring (bicyclic) bond motifs is 1. The molecule has 0 aliphatic heterocycles. The Labute approximate surface area is 123 Å². The van der Waals surface area contributed by atoms with E-state index in [9.17, 15) is 23.4 Å². The lowest BCUT2D eigenvalue weighted by atomic mass is 10.0. The van der Waals surface area contributed by atoms with E-state index in [-0.39, 0.29) is 33.7 Å². The van der Waals surface area contributed by atoms with E-state index in [0.29, 0.717) is 0 Å². The number of aromatic nitrogens is 2. The molecule has 3 rings (SSSR count). The minimum Gasteiger partial charge on any atom is -0.508 e. The van der Waals surface area contributed by atoms with E-state index in [2.05, 4.69) is 5.10 Å². The summed E-state index contributed by atoms with van der Waals surface area (Å²) in [5, 5.41) is 23.6. The molecule has 1 aromatic heterocycles. The number of benzene rings is 2. The van der Waals surface area contributed by atoms with Gasteiger partial charge in [0.25, 0.3) is 0 Å². The summed E-state index contributed by atoms with van der Waals surface area (Å²) in [5.74, 6) is -0.394. The molecule has 2 aromatic carbocycles. The molecule has 0 aliphatic rings. The molecule has 0 unspecified atom stereocenters. The first kappa shape index (κ1) is 14.2. The second kappa shape index (κ2) is 4.66. The highest BCUT2D eigenvalue weighted by atomic mass is 19.4. The van der Waals surface area contributed by atoms with Crippen molar-refractivity contribution in [3.8, 4) is 22.8 Å². The van der Waals surface area contributed by atoms with E-state index in [0.717, 1.165) is 16.8 Å². The highest BCUT2D eigenvalue weighted by molar-refractivity contribution is 5.96. The summed E-state index contributed by atoms with van der Waals surface area (Å²) in [5.41, 5.74) is -0.370. The lowest BCUT2D eigenvalue weighted by molar-refractivity contribution is -0.136. The lowest BCUT2D eigenvalue weighted by Gasteiger charge is -2.08. The number of aromatic hydroxyl groups is 2. The maximum absolute atomic E-state index is 13.1. The predicted molar refractivity (Wildman–Crippen MR) is 74.5 cm³/mol. The molecule has 1 heterocycles. The average molecular weight is 308 g/mol. The van der Waals surface area contributed by atoms with Gasteiger partial charge in [0.05, 0.1) is 11.1 Å². The topological polar surface area (TPSA) is 58.3 Å². The van der Waals surface area contributed by atoms with Crippen LogP contribution in [0.3, 0.4) is 0 Å². The summed E-state index contributed by atoms with van der Waals surface area (Å²) in [6.07, 6.45) is -4.50. The third-order valence-corrected chi connectivity index (χ3v) is 3.41. The van der Waals surface area contributed by atoms with Gasteiger partial charge >= 0.3 is 6.18 Å². The van der Waals surface area contributed by atoms with Gasteiger partial charge in [0, 0.05) is 24.1 Å². The normalized spacial score (nSPS) is 12.0. The number of phenolic OH excluding ortho intramolecular Hbond substituents is 2. The summed E-state index contributed by atoms with van der Waals surface area (Å²) >= 11 is 0. The van der Waals surface area contributed by atoms with E-state index in [1.165, 1.54) is 31.3 Å². The standard InChI is InChI=1S/C15H11F3N2O2/c1-20-14-10(3-2-4-11(14)15(16,17)18)13(19-20)9-6-5-8(21)7-12(9)22/h2-7,21-22H,1H3. The maximum atomic E-state index is 13.1. The molecular formula is C15H11F3N2O2. The van der Waals surface area contributed by atoms with Crippen LogP contribution in [0.1, 0.15) is 5.56 Å². The molecule has 114 valence electrons. The summed E-state index contributed by atoms with van der Waals surface area (Å²) in [6, 6.07) is 7.66. The van der Waals surface area contributed by atoms with Crippen molar-refractivity contribution in [1.29, 1.82) is 0 Å². The van der Waals surface area contributed by atoms with Gasteiger partial charge in [-0.25, -0.2) is 0 Å². The third-order valence-electron chi connectivity index (χ3n) is 3.41. The van der Waals surface area contributed by atoms with Crippen molar-refractivity contribution < 1.29 is 23.4 Å². The van der Waals surface area contributed by atoms with Crippen LogP contribution in [0.15, 0.2) is 36.4 Å². The first-order valence-electron chi connectivity index (χ1n) is 6.34. The molecule has 0 atom stereocenters. The van der Waals surface area contributed by atoms with Gasteiger partial charge in [-0.05, 0) is 18.2 Å². The molecule has 4 nitrogen and oxygen atoms in total. The Balaban J connectivity index is 2.34. The summed E-state index contributed by atoms with van der Waals surface area (Å²) in [6.45, 7) is 0. The lowest BCUT2D eigenvalue weighted by Crippen LogP contribution is -2.07. The second-order valence-corrected chi connectivity index (χ2v) is 4.87. The zero-order valence-electron chi connectivity index (χ0n) is 11.4. The van der Waals surface area contributed by atoms with Gasteiger partial charge in [-0.2, -0.15) is 18.3 Å². The molecule has 0 spiro atoms. The van der Waals surface area contributed by atoms with Gasteiger partial charge in [0.15, 0.2) is 0 Å². The smallest absolute Gasteiger partial charge is 0.418 e. The highest BCUT2D eigenvalue weighted by Crippen LogP contribution is 2.40. The number of halogens is 3. The Morgan fingerprint density at radius 2 is 1.82 bits per heavy atom. The van der Waals surface area contributed by atoms with Gasteiger partial charge < -0.3 is 10.2 Å². The molecule has 2 N–H and O–H groups in total. The molecule has 0 amide bonds. The zero-order chi connectivity index (χ0) is 16.1. The van der Waals surface area contributed by atoms with E-state index < -0.39 is 11.7 Å². The zero-order valence-corrected chi connectivity index (χ0v) is 11.4. The van der Waals surface area contributed by atoms with Crippen LogP contribution in [0.4, 0.5) is 13.2 Å². The molecule has 0 aliphatic carbocycles. The number of hydrogen-bond acceptors (Lipinski definition) is 3. The third kappa shape index (κ3) is 2.14. The van der Waals surface area contributed by atoms with Crippen molar-refractivity contribution in [2.24, 2.45) is 7.05 Å². The van der Waals surface area contributed by atoms with E-state index in [1.807, 2.05) is 0 Å². The Kier molecular flexibility index (Phi) is 3.01. The first-order valence-corrected chi connectivity index (χ1v) is 6.34. The van der Waals surface area contributed by atoms with Crippen LogP contribution in [-0.2, 0) is 13.2 Å². The average Bonchev–Trinajstić information content (AvgIpc) is 2.75. The van der Waals surface area contributed by atoms with Crippen LogP contribution in [0.25, 0.3) is 22.2 Å². The first-order chi connectivity index (χ1) is 10.3. The van der Waals surface area contributed by atoms with Crippen LogP contribution >= 0.6 is 0 Å². The Bertz CT molecular complexity index is 869. The van der Waals surface area contributed by atoms with Crippen molar-refractivity contribution in [2.45, 2.75) is 6.18 Å². The summed E-state index contributed by atoms with van der Waals surface area (Å²) < 4.78 is 40.5. The number of phenols is 2. The molecule has 0 saturated heterocycles. The van der Waals surface area contributed by atoms with Crippen LogP contribution in [0.5, 0.6) is 11.5 Å². The van der Waals surface area contributed by atoms with Gasteiger partial charge in [0.2, 0.25) is 0 Å². The number of hydrogen-bond donors (Lipinski definition) is 2.